The molecule has 0 radical (unpaired) electrons. The van der Waals surface area contributed by atoms with Gasteiger partial charge in [-0.1, -0.05) is 18.6 Å². The number of hydrogen-bond donors (Lipinski definition) is 1. The highest BCUT2D eigenvalue weighted by Crippen LogP contribution is 2.40. The smallest absolute Gasteiger partial charge is 0.141 e. The molecule has 0 unspecified atom stereocenters. The fourth-order valence-corrected chi connectivity index (χ4v) is 2.91. The molecule has 0 amide bonds. The van der Waals surface area contributed by atoms with Crippen molar-refractivity contribution in [3.8, 4) is 11.3 Å². The van der Waals surface area contributed by atoms with E-state index in [1.54, 1.807) is 0 Å². The van der Waals surface area contributed by atoms with E-state index in [4.69, 9.17) is 5.73 Å². The van der Waals surface area contributed by atoms with Crippen molar-refractivity contribution >= 4 is 5.82 Å². The van der Waals surface area contributed by atoms with Crippen LogP contribution in [-0.4, -0.2) is 9.97 Å². The van der Waals surface area contributed by atoms with Crippen LogP contribution in [0.5, 0.6) is 0 Å². The summed E-state index contributed by atoms with van der Waals surface area (Å²) in [5.41, 5.74) is 8.52. The summed E-state index contributed by atoms with van der Waals surface area (Å²) in [6.45, 7) is 3.75. The first-order valence-corrected chi connectivity index (χ1v) is 7.70. The minimum atomic E-state index is -0.176. The van der Waals surface area contributed by atoms with E-state index in [1.165, 1.54) is 18.8 Å². The molecule has 22 heavy (non-hydrogen) atoms. The average Bonchev–Trinajstić information content (AvgIpc) is 2.46. The summed E-state index contributed by atoms with van der Waals surface area (Å²) in [6.07, 6.45) is 9.80. The molecule has 0 saturated heterocycles. The van der Waals surface area contributed by atoms with E-state index >= 15 is 4.39 Å². The first-order chi connectivity index (χ1) is 10.7. The molecule has 0 aliphatic heterocycles. The number of halogens is 1. The Kier molecular flexibility index (Phi) is 4.18. The van der Waals surface area contributed by atoms with Crippen molar-refractivity contribution in [3.05, 3.63) is 54.1 Å². The van der Waals surface area contributed by atoms with E-state index in [-0.39, 0.29) is 5.82 Å². The standard InChI is InChI=1S/C18H20FN3/c1-2-3-7-14-13(12-5-4-6-12)8-9-15(18(14)19)16-10-22-17(20)11-21-16/h2,8-12H,1,3-7H2,(H2,20,22). The second kappa shape index (κ2) is 6.26. The number of nitrogens with zero attached hydrogens (tertiary/aromatic N) is 2. The van der Waals surface area contributed by atoms with Crippen LogP contribution in [0.3, 0.4) is 0 Å². The normalized spacial score (nSPS) is 14.6. The van der Waals surface area contributed by atoms with Crippen LogP contribution < -0.4 is 5.73 Å². The van der Waals surface area contributed by atoms with E-state index < -0.39 is 0 Å². The maximum Gasteiger partial charge on any atom is 0.141 e. The van der Waals surface area contributed by atoms with Crippen molar-refractivity contribution < 1.29 is 4.39 Å². The van der Waals surface area contributed by atoms with Crippen LogP contribution >= 0.6 is 0 Å². The number of anilines is 1. The number of nitrogen functional groups attached to an aromatic ring is 1. The van der Waals surface area contributed by atoms with Gasteiger partial charge in [-0.25, -0.2) is 9.37 Å². The maximum atomic E-state index is 15.0. The molecule has 1 fully saturated rings. The molecule has 114 valence electrons. The summed E-state index contributed by atoms with van der Waals surface area (Å²) >= 11 is 0. The van der Waals surface area contributed by atoms with Crippen LogP contribution in [-0.2, 0) is 6.42 Å². The zero-order valence-electron chi connectivity index (χ0n) is 12.6. The van der Waals surface area contributed by atoms with E-state index in [0.717, 1.165) is 30.4 Å². The topological polar surface area (TPSA) is 51.8 Å². The van der Waals surface area contributed by atoms with Gasteiger partial charge in [-0.2, -0.15) is 0 Å². The van der Waals surface area contributed by atoms with Crippen molar-refractivity contribution in [1.82, 2.24) is 9.97 Å². The van der Waals surface area contributed by atoms with Crippen LogP contribution in [0.2, 0.25) is 0 Å². The minimum Gasteiger partial charge on any atom is -0.382 e. The van der Waals surface area contributed by atoms with Gasteiger partial charge in [-0.15, -0.1) is 6.58 Å². The van der Waals surface area contributed by atoms with Gasteiger partial charge in [0.25, 0.3) is 0 Å². The Morgan fingerprint density at radius 2 is 2.09 bits per heavy atom. The molecule has 3 nitrogen and oxygen atoms in total. The number of hydrogen-bond acceptors (Lipinski definition) is 3. The predicted molar refractivity (Wildman–Crippen MR) is 86.9 cm³/mol. The van der Waals surface area contributed by atoms with Gasteiger partial charge < -0.3 is 5.73 Å². The first-order valence-electron chi connectivity index (χ1n) is 7.70. The van der Waals surface area contributed by atoms with Crippen LogP contribution in [0.15, 0.2) is 37.2 Å². The lowest BCUT2D eigenvalue weighted by molar-refractivity contribution is 0.414. The third-order valence-electron chi connectivity index (χ3n) is 4.37. The van der Waals surface area contributed by atoms with Gasteiger partial charge in [-0.05, 0) is 48.8 Å². The third-order valence-corrected chi connectivity index (χ3v) is 4.37. The van der Waals surface area contributed by atoms with Crippen LogP contribution in [0.25, 0.3) is 11.3 Å². The van der Waals surface area contributed by atoms with E-state index in [1.807, 2.05) is 12.1 Å². The fraction of sp³-hybridized carbons (Fsp3) is 0.333. The Bertz CT molecular complexity index is 675. The summed E-state index contributed by atoms with van der Waals surface area (Å²) in [4.78, 5) is 8.20. The summed E-state index contributed by atoms with van der Waals surface area (Å²) < 4.78 is 15.0. The van der Waals surface area contributed by atoms with Gasteiger partial charge in [0.1, 0.15) is 11.6 Å². The Hall–Kier alpha value is -2.23. The summed E-state index contributed by atoms with van der Waals surface area (Å²) in [5.74, 6) is 0.660. The number of allylic oxidation sites excluding steroid dienone is 1. The summed E-state index contributed by atoms with van der Waals surface area (Å²) in [5, 5.41) is 0. The van der Waals surface area contributed by atoms with Gasteiger partial charge in [0.05, 0.1) is 18.1 Å². The molecule has 2 aromatic rings. The molecule has 1 aromatic heterocycles. The van der Waals surface area contributed by atoms with Gasteiger partial charge in [0, 0.05) is 5.56 Å². The fourth-order valence-electron chi connectivity index (χ4n) is 2.91. The second-order valence-electron chi connectivity index (χ2n) is 5.78. The lowest BCUT2D eigenvalue weighted by Gasteiger charge is -2.28. The Morgan fingerprint density at radius 1 is 1.27 bits per heavy atom. The molecule has 1 saturated carbocycles. The lowest BCUT2D eigenvalue weighted by atomic mass is 9.77. The molecule has 1 aromatic carbocycles. The summed E-state index contributed by atoms with van der Waals surface area (Å²) in [7, 11) is 0. The number of rotatable bonds is 5. The molecular weight excluding hydrogens is 277 g/mol. The quantitative estimate of drug-likeness (QED) is 0.839. The van der Waals surface area contributed by atoms with Gasteiger partial charge in [-0.3, -0.25) is 4.98 Å². The third kappa shape index (κ3) is 2.73. The predicted octanol–water partition coefficient (Wildman–Crippen LogP) is 4.25. The first kappa shape index (κ1) is 14.7. The van der Waals surface area contributed by atoms with Crippen LogP contribution in [0.4, 0.5) is 10.2 Å². The van der Waals surface area contributed by atoms with Crippen molar-refractivity contribution in [2.45, 2.75) is 38.0 Å². The zero-order chi connectivity index (χ0) is 15.5. The molecule has 4 heteroatoms. The molecule has 1 aliphatic carbocycles. The lowest BCUT2D eigenvalue weighted by Crippen LogP contribution is -2.13. The molecule has 0 spiro atoms. The Labute approximate surface area is 130 Å². The van der Waals surface area contributed by atoms with Gasteiger partial charge in [0.15, 0.2) is 0 Å². The van der Waals surface area contributed by atoms with Crippen LogP contribution in [0.1, 0.15) is 42.7 Å². The molecule has 0 bridgehead atoms. The second-order valence-corrected chi connectivity index (χ2v) is 5.78. The molecule has 3 rings (SSSR count). The molecular formula is C18H20FN3. The number of nitrogens with two attached hydrogens (primary N) is 1. The highest BCUT2D eigenvalue weighted by atomic mass is 19.1. The number of benzene rings is 1. The van der Waals surface area contributed by atoms with Crippen molar-refractivity contribution in [2.75, 3.05) is 5.73 Å². The van der Waals surface area contributed by atoms with E-state index in [9.17, 15) is 0 Å². The Balaban J connectivity index is 2.04. The van der Waals surface area contributed by atoms with Crippen molar-refractivity contribution in [2.24, 2.45) is 0 Å². The molecule has 1 aliphatic rings. The van der Waals surface area contributed by atoms with Crippen molar-refractivity contribution in [3.63, 3.8) is 0 Å². The average molecular weight is 297 g/mol. The van der Waals surface area contributed by atoms with Gasteiger partial charge >= 0.3 is 0 Å². The largest absolute Gasteiger partial charge is 0.382 e. The highest BCUT2D eigenvalue weighted by molar-refractivity contribution is 5.62. The van der Waals surface area contributed by atoms with Gasteiger partial charge in [0.2, 0.25) is 0 Å². The van der Waals surface area contributed by atoms with Crippen LogP contribution in [0, 0.1) is 5.82 Å². The van der Waals surface area contributed by atoms with E-state index in [0.29, 0.717) is 29.4 Å². The Morgan fingerprint density at radius 3 is 2.68 bits per heavy atom. The molecule has 2 N–H and O–H groups in total. The maximum absolute atomic E-state index is 15.0. The molecule has 1 heterocycles. The molecule has 0 atom stereocenters. The SMILES string of the molecule is C=CCCc1c(C2CCC2)ccc(-c2cnc(N)cn2)c1F. The highest BCUT2D eigenvalue weighted by Gasteiger charge is 2.25. The zero-order valence-corrected chi connectivity index (χ0v) is 12.6. The van der Waals surface area contributed by atoms with Crippen molar-refractivity contribution in [1.29, 1.82) is 0 Å². The minimum absolute atomic E-state index is 0.176. The number of aromatic nitrogens is 2. The van der Waals surface area contributed by atoms with E-state index in [2.05, 4.69) is 22.6 Å². The summed E-state index contributed by atoms with van der Waals surface area (Å²) in [6, 6.07) is 3.87. The monoisotopic (exact) mass is 297 g/mol.